The molecule has 5 heteroatoms. The Morgan fingerprint density at radius 1 is 1.28 bits per heavy atom. The topological polar surface area (TPSA) is 72.8 Å². The van der Waals surface area contributed by atoms with Crippen LogP contribution in [0.15, 0.2) is 24.3 Å². The summed E-state index contributed by atoms with van der Waals surface area (Å²) in [6.07, 6.45) is -0.377. The van der Waals surface area contributed by atoms with Crippen LogP contribution in [0.2, 0.25) is 0 Å². The van der Waals surface area contributed by atoms with Gasteiger partial charge in [-0.25, -0.2) is 9.59 Å². The van der Waals surface area contributed by atoms with Gasteiger partial charge in [0.2, 0.25) is 0 Å². The molecule has 0 aliphatic heterocycles. The summed E-state index contributed by atoms with van der Waals surface area (Å²) in [4.78, 5) is 22.6. The quantitative estimate of drug-likeness (QED) is 0.785. The average molecular weight is 252 g/mol. The molecular weight excluding hydrogens is 236 g/mol. The first-order valence-corrected chi connectivity index (χ1v) is 5.75. The summed E-state index contributed by atoms with van der Waals surface area (Å²) >= 11 is 0. The van der Waals surface area contributed by atoms with Crippen LogP contribution in [0.5, 0.6) is 5.75 Å². The minimum Gasteiger partial charge on any atom is -0.478 e. The van der Waals surface area contributed by atoms with Gasteiger partial charge >= 0.3 is 11.9 Å². The Balaban J connectivity index is 2.88. The van der Waals surface area contributed by atoms with Crippen LogP contribution in [0.1, 0.15) is 30.6 Å². The third kappa shape index (κ3) is 3.48. The normalized spacial score (nSPS) is 11.7. The molecule has 0 saturated heterocycles. The molecule has 0 aliphatic rings. The number of carboxylic acid groups (broad SMARTS) is 1. The number of hydrogen-bond donors (Lipinski definition) is 1. The van der Waals surface area contributed by atoms with Gasteiger partial charge in [-0.2, -0.15) is 0 Å². The minimum atomic E-state index is -1.09. The van der Waals surface area contributed by atoms with Crippen molar-refractivity contribution in [2.75, 3.05) is 6.61 Å². The number of hydrogen-bond acceptors (Lipinski definition) is 4. The number of carbonyl (C=O) groups excluding carboxylic acids is 1. The molecular formula is C13H16O5. The smallest absolute Gasteiger partial charge is 0.347 e. The van der Waals surface area contributed by atoms with Crippen molar-refractivity contribution in [1.82, 2.24) is 0 Å². The number of rotatable bonds is 6. The SMILES string of the molecule is CCOC(=O)C(CC)Oc1ccccc1C(=O)O. The molecule has 0 aromatic heterocycles. The third-order valence-corrected chi connectivity index (χ3v) is 2.31. The van der Waals surface area contributed by atoms with E-state index in [0.717, 1.165) is 0 Å². The van der Waals surface area contributed by atoms with Gasteiger partial charge in [-0.3, -0.25) is 0 Å². The molecule has 0 aliphatic carbocycles. The number of aromatic carboxylic acids is 1. The lowest BCUT2D eigenvalue weighted by Gasteiger charge is -2.17. The maximum Gasteiger partial charge on any atom is 0.347 e. The molecule has 0 saturated carbocycles. The first kappa shape index (κ1) is 14.0. The second-order valence-corrected chi connectivity index (χ2v) is 3.57. The summed E-state index contributed by atoms with van der Waals surface area (Å²) in [5.74, 6) is -1.41. The van der Waals surface area contributed by atoms with E-state index in [1.165, 1.54) is 12.1 Å². The van der Waals surface area contributed by atoms with E-state index in [0.29, 0.717) is 6.42 Å². The van der Waals surface area contributed by atoms with E-state index in [9.17, 15) is 9.59 Å². The summed E-state index contributed by atoms with van der Waals surface area (Å²) in [6, 6.07) is 6.20. The first-order chi connectivity index (χ1) is 8.60. The Labute approximate surface area is 105 Å². The molecule has 1 N–H and O–H groups in total. The molecule has 1 aromatic carbocycles. The Bertz CT molecular complexity index is 427. The van der Waals surface area contributed by atoms with Crippen LogP contribution in [-0.4, -0.2) is 29.8 Å². The predicted molar refractivity (Wildman–Crippen MR) is 64.7 cm³/mol. The maximum absolute atomic E-state index is 11.6. The van der Waals surface area contributed by atoms with Gasteiger partial charge in [-0.15, -0.1) is 0 Å². The fourth-order valence-electron chi connectivity index (χ4n) is 1.43. The first-order valence-electron chi connectivity index (χ1n) is 5.75. The summed E-state index contributed by atoms with van der Waals surface area (Å²) in [5, 5.41) is 9.00. The van der Waals surface area contributed by atoms with Crippen molar-refractivity contribution in [2.45, 2.75) is 26.4 Å². The summed E-state index contributed by atoms with van der Waals surface area (Å²) < 4.78 is 10.3. The highest BCUT2D eigenvalue weighted by atomic mass is 16.6. The molecule has 1 unspecified atom stereocenters. The average Bonchev–Trinajstić information content (AvgIpc) is 2.36. The lowest BCUT2D eigenvalue weighted by Crippen LogP contribution is -2.29. The van der Waals surface area contributed by atoms with Crippen LogP contribution >= 0.6 is 0 Å². The Kier molecular flexibility index (Phi) is 5.17. The minimum absolute atomic E-state index is 0.0280. The van der Waals surface area contributed by atoms with Crippen LogP contribution in [0, 0.1) is 0 Å². The second-order valence-electron chi connectivity index (χ2n) is 3.57. The highest BCUT2D eigenvalue weighted by molar-refractivity contribution is 5.91. The van der Waals surface area contributed by atoms with Crippen LogP contribution in [-0.2, 0) is 9.53 Å². The van der Waals surface area contributed by atoms with Gasteiger partial charge in [0.1, 0.15) is 11.3 Å². The molecule has 1 rings (SSSR count). The largest absolute Gasteiger partial charge is 0.478 e. The highest BCUT2D eigenvalue weighted by Crippen LogP contribution is 2.20. The molecule has 0 fully saturated rings. The molecule has 98 valence electrons. The van der Waals surface area contributed by atoms with E-state index >= 15 is 0 Å². The van der Waals surface area contributed by atoms with Gasteiger partial charge in [0.05, 0.1) is 6.61 Å². The van der Waals surface area contributed by atoms with E-state index in [2.05, 4.69) is 0 Å². The number of para-hydroxylation sites is 1. The molecule has 0 spiro atoms. The van der Waals surface area contributed by atoms with Crippen molar-refractivity contribution in [3.05, 3.63) is 29.8 Å². The van der Waals surface area contributed by atoms with Crippen molar-refractivity contribution >= 4 is 11.9 Å². The predicted octanol–water partition coefficient (Wildman–Crippen LogP) is 2.11. The van der Waals surface area contributed by atoms with Crippen molar-refractivity contribution < 1.29 is 24.2 Å². The Hall–Kier alpha value is -2.04. The van der Waals surface area contributed by atoms with Gasteiger partial charge < -0.3 is 14.6 Å². The zero-order valence-corrected chi connectivity index (χ0v) is 10.4. The van der Waals surface area contributed by atoms with Gasteiger partial charge in [-0.1, -0.05) is 19.1 Å². The zero-order chi connectivity index (χ0) is 13.5. The van der Waals surface area contributed by atoms with Gasteiger partial charge in [0.15, 0.2) is 6.10 Å². The number of ether oxygens (including phenoxy) is 2. The molecule has 0 radical (unpaired) electrons. The highest BCUT2D eigenvalue weighted by Gasteiger charge is 2.22. The molecule has 0 bridgehead atoms. The van der Waals surface area contributed by atoms with Crippen molar-refractivity contribution in [3.63, 3.8) is 0 Å². The summed E-state index contributed by atoms with van der Waals surface area (Å²) in [6.45, 7) is 3.74. The number of esters is 1. The Morgan fingerprint density at radius 3 is 2.50 bits per heavy atom. The fourth-order valence-corrected chi connectivity index (χ4v) is 1.43. The number of carbonyl (C=O) groups is 2. The lowest BCUT2D eigenvalue weighted by atomic mass is 10.2. The molecule has 18 heavy (non-hydrogen) atoms. The standard InChI is InChI=1S/C13H16O5/c1-3-10(13(16)17-4-2)18-11-8-6-5-7-9(11)12(14)15/h5-8,10H,3-4H2,1-2H3,(H,14,15). The van der Waals surface area contributed by atoms with Crippen molar-refractivity contribution in [1.29, 1.82) is 0 Å². The van der Waals surface area contributed by atoms with E-state index < -0.39 is 18.0 Å². The Morgan fingerprint density at radius 2 is 1.94 bits per heavy atom. The molecule has 1 atom stereocenters. The molecule has 1 aromatic rings. The maximum atomic E-state index is 11.6. The van der Waals surface area contributed by atoms with E-state index in [1.807, 2.05) is 0 Å². The molecule has 0 amide bonds. The van der Waals surface area contributed by atoms with Crippen molar-refractivity contribution in [3.8, 4) is 5.75 Å². The molecule has 5 nitrogen and oxygen atoms in total. The zero-order valence-electron chi connectivity index (χ0n) is 10.4. The van der Waals surface area contributed by atoms with E-state index in [1.54, 1.807) is 26.0 Å². The monoisotopic (exact) mass is 252 g/mol. The van der Waals surface area contributed by atoms with Crippen LogP contribution < -0.4 is 4.74 Å². The second kappa shape index (κ2) is 6.64. The molecule has 0 heterocycles. The number of benzene rings is 1. The van der Waals surface area contributed by atoms with E-state index in [-0.39, 0.29) is 17.9 Å². The summed E-state index contributed by atoms with van der Waals surface area (Å²) in [5.41, 5.74) is 0.0280. The van der Waals surface area contributed by atoms with Gasteiger partial charge in [-0.05, 0) is 25.5 Å². The number of carboxylic acids is 1. The van der Waals surface area contributed by atoms with Crippen LogP contribution in [0.4, 0.5) is 0 Å². The van der Waals surface area contributed by atoms with Crippen LogP contribution in [0.25, 0.3) is 0 Å². The van der Waals surface area contributed by atoms with Crippen LogP contribution in [0.3, 0.4) is 0 Å². The fraction of sp³-hybridized carbons (Fsp3) is 0.385. The summed E-state index contributed by atoms with van der Waals surface area (Å²) in [7, 11) is 0. The lowest BCUT2D eigenvalue weighted by molar-refractivity contribution is -0.151. The van der Waals surface area contributed by atoms with Gasteiger partial charge in [0, 0.05) is 0 Å². The van der Waals surface area contributed by atoms with E-state index in [4.69, 9.17) is 14.6 Å². The van der Waals surface area contributed by atoms with Crippen molar-refractivity contribution in [2.24, 2.45) is 0 Å². The van der Waals surface area contributed by atoms with Gasteiger partial charge in [0.25, 0.3) is 0 Å². The third-order valence-electron chi connectivity index (χ3n) is 2.31.